The number of benzene rings is 1. The lowest BCUT2D eigenvalue weighted by Gasteiger charge is -2.13. The van der Waals surface area contributed by atoms with Crippen molar-refractivity contribution in [1.82, 2.24) is 20.1 Å². The van der Waals surface area contributed by atoms with Gasteiger partial charge in [0.25, 0.3) is 0 Å². The Labute approximate surface area is 158 Å². The van der Waals surface area contributed by atoms with Crippen LogP contribution in [0.25, 0.3) is 11.3 Å². The van der Waals surface area contributed by atoms with Crippen molar-refractivity contribution in [2.45, 2.75) is 40.2 Å². The summed E-state index contributed by atoms with van der Waals surface area (Å²) in [7, 11) is 1.90. The Morgan fingerprint density at radius 3 is 2.54 bits per heavy atom. The maximum atomic E-state index is 12.6. The number of thiazole rings is 1. The zero-order valence-corrected chi connectivity index (χ0v) is 16.6. The molecule has 3 aromatic rings. The number of hydrogen-bond donors (Lipinski definition) is 1. The summed E-state index contributed by atoms with van der Waals surface area (Å²) >= 11 is 1.58. The van der Waals surface area contributed by atoms with E-state index in [4.69, 9.17) is 0 Å². The van der Waals surface area contributed by atoms with Gasteiger partial charge in [0.2, 0.25) is 5.91 Å². The molecule has 0 spiro atoms. The number of aromatic nitrogens is 3. The minimum Gasteiger partial charge on any atom is -0.349 e. The van der Waals surface area contributed by atoms with Crippen LogP contribution in [0, 0.1) is 20.8 Å². The van der Waals surface area contributed by atoms with Gasteiger partial charge in [0.05, 0.1) is 29.4 Å². The molecule has 2 heterocycles. The van der Waals surface area contributed by atoms with E-state index in [0.29, 0.717) is 6.42 Å². The molecule has 1 atom stereocenters. The lowest BCUT2D eigenvalue weighted by atomic mass is 10.1. The van der Waals surface area contributed by atoms with Crippen LogP contribution in [0.2, 0.25) is 0 Å². The third-order valence-corrected chi connectivity index (χ3v) is 5.54. The van der Waals surface area contributed by atoms with Crippen molar-refractivity contribution < 1.29 is 4.79 Å². The monoisotopic (exact) mass is 368 g/mol. The van der Waals surface area contributed by atoms with E-state index < -0.39 is 0 Å². The first kappa shape index (κ1) is 18.3. The fourth-order valence-corrected chi connectivity index (χ4v) is 3.94. The Hall–Kier alpha value is -2.47. The number of carbonyl (C=O) groups excluding carboxylic acids is 1. The van der Waals surface area contributed by atoms with Gasteiger partial charge in [-0.3, -0.25) is 9.48 Å². The summed E-state index contributed by atoms with van der Waals surface area (Å²) in [6, 6.07) is 8.19. The standard InChI is InChI=1S/C20H24N4OS/c1-12-6-8-16(9-7-12)20-18(26-15(4)23-20)10-19(25)22-13(2)17-11-21-24(5)14(17)3/h6-9,11,13H,10H2,1-5H3,(H,22,25)/t13-/m0/s1. The molecular weight excluding hydrogens is 344 g/mol. The van der Waals surface area contributed by atoms with Gasteiger partial charge in [0.15, 0.2) is 0 Å². The SMILES string of the molecule is Cc1ccc(-c2nc(C)sc2CC(=O)N[C@@H](C)c2cnn(C)c2C)cc1. The second-order valence-corrected chi connectivity index (χ2v) is 7.93. The molecule has 26 heavy (non-hydrogen) atoms. The molecule has 0 unspecified atom stereocenters. The normalized spacial score (nSPS) is 12.2. The highest BCUT2D eigenvalue weighted by molar-refractivity contribution is 7.12. The van der Waals surface area contributed by atoms with E-state index >= 15 is 0 Å². The van der Waals surface area contributed by atoms with Gasteiger partial charge >= 0.3 is 0 Å². The summed E-state index contributed by atoms with van der Waals surface area (Å²) in [5, 5.41) is 8.30. The zero-order chi connectivity index (χ0) is 18.8. The lowest BCUT2D eigenvalue weighted by molar-refractivity contribution is -0.121. The molecule has 0 saturated heterocycles. The second-order valence-electron chi connectivity index (χ2n) is 6.65. The van der Waals surface area contributed by atoms with E-state index in [0.717, 1.165) is 32.4 Å². The molecule has 1 amide bonds. The van der Waals surface area contributed by atoms with Crippen LogP contribution in [0.1, 0.15) is 39.7 Å². The van der Waals surface area contributed by atoms with Crippen LogP contribution in [0.15, 0.2) is 30.5 Å². The van der Waals surface area contributed by atoms with Crippen molar-refractivity contribution in [3.8, 4) is 11.3 Å². The maximum absolute atomic E-state index is 12.6. The van der Waals surface area contributed by atoms with Crippen molar-refractivity contribution in [3.05, 3.63) is 57.2 Å². The van der Waals surface area contributed by atoms with Crippen molar-refractivity contribution in [3.63, 3.8) is 0 Å². The Balaban J connectivity index is 1.75. The highest BCUT2D eigenvalue weighted by Crippen LogP contribution is 2.29. The Bertz CT molecular complexity index is 924. The van der Waals surface area contributed by atoms with Crippen LogP contribution in [-0.2, 0) is 18.3 Å². The van der Waals surface area contributed by atoms with Crippen molar-refractivity contribution >= 4 is 17.2 Å². The van der Waals surface area contributed by atoms with Gasteiger partial charge in [-0.2, -0.15) is 5.10 Å². The van der Waals surface area contributed by atoms with Crippen LogP contribution in [0.5, 0.6) is 0 Å². The fourth-order valence-electron chi connectivity index (χ4n) is 2.98. The smallest absolute Gasteiger partial charge is 0.225 e. The number of aryl methyl sites for hydroxylation is 3. The van der Waals surface area contributed by atoms with Gasteiger partial charge in [0.1, 0.15) is 0 Å². The van der Waals surface area contributed by atoms with Gasteiger partial charge in [-0.05, 0) is 27.7 Å². The second kappa shape index (κ2) is 7.41. The minimum atomic E-state index is -0.0759. The van der Waals surface area contributed by atoms with Crippen LogP contribution in [0.4, 0.5) is 0 Å². The lowest BCUT2D eigenvalue weighted by Crippen LogP contribution is -2.28. The molecule has 0 radical (unpaired) electrons. The van der Waals surface area contributed by atoms with Crippen LogP contribution >= 0.6 is 11.3 Å². The average Bonchev–Trinajstić information content (AvgIpc) is 3.11. The van der Waals surface area contributed by atoms with E-state index in [-0.39, 0.29) is 11.9 Å². The molecule has 0 bridgehead atoms. The number of nitrogens with one attached hydrogen (secondary N) is 1. The van der Waals surface area contributed by atoms with Crippen LogP contribution < -0.4 is 5.32 Å². The van der Waals surface area contributed by atoms with Gasteiger partial charge in [-0.15, -0.1) is 11.3 Å². The molecule has 1 aromatic carbocycles. The first-order valence-corrected chi connectivity index (χ1v) is 9.48. The van der Waals surface area contributed by atoms with Gasteiger partial charge in [0, 0.05) is 28.7 Å². The topological polar surface area (TPSA) is 59.8 Å². The van der Waals surface area contributed by atoms with Crippen LogP contribution in [0.3, 0.4) is 0 Å². The average molecular weight is 369 g/mol. The predicted octanol–water partition coefficient (Wildman–Crippen LogP) is 3.89. The first-order chi connectivity index (χ1) is 12.3. The largest absolute Gasteiger partial charge is 0.349 e. The van der Waals surface area contributed by atoms with Crippen molar-refractivity contribution in [1.29, 1.82) is 0 Å². The molecule has 0 fully saturated rings. The molecule has 3 rings (SSSR count). The van der Waals surface area contributed by atoms with E-state index in [1.54, 1.807) is 11.3 Å². The van der Waals surface area contributed by atoms with Crippen LogP contribution in [-0.4, -0.2) is 20.7 Å². The van der Waals surface area contributed by atoms with E-state index in [1.165, 1.54) is 5.56 Å². The summed E-state index contributed by atoms with van der Waals surface area (Å²) in [5.41, 5.74) is 5.28. The summed E-state index contributed by atoms with van der Waals surface area (Å²) in [6.45, 7) is 8.03. The number of carbonyl (C=O) groups is 1. The Morgan fingerprint density at radius 1 is 1.23 bits per heavy atom. The molecule has 0 saturated carbocycles. The molecule has 0 aliphatic heterocycles. The number of nitrogens with zero attached hydrogens (tertiary/aromatic N) is 3. The first-order valence-electron chi connectivity index (χ1n) is 8.66. The minimum absolute atomic E-state index is 0.00207. The third kappa shape index (κ3) is 3.85. The highest BCUT2D eigenvalue weighted by Gasteiger charge is 2.18. The number of hydrogen-bond acceptors (Lipinski definition) is 4. The van der Waals surface area contributed by atoms with E-state index in [9.17, 15) is 4.79 Å². The number of rotatable bonds is 5. The molecular formula is C20H24N4OS. The fraction of sp³-hybridized carbons (Fsp3) is 0.350. The van der Waals surface area contributed by atoms with Crippen molar-refractivity contribution in [2.24, 2.45) is 7.05 Å². The number of amides is 1. The van der Waals surface area contributed by atoms with Gasteiger partial charge in [-0.25, -0.2) is 4.98 Å². The summed E-state index contributed by atoms with van der Waals surface area (Å²) in [4.78, 5) is 18.2. The Morgan fingerprint density at radius 2 is 1.92 bits per heavy atom. The summed E-state index contributed by atoms with van der Waals surface area (Å²) in [5.74, 6) is -0.00207. The predicted molar refractivity (Wildman–Crippen MR) is 105 cm³/mol. The summed E-state index contributed by atoms with van der Waals surface area (Å²) in [6.07, 6.45) is 2.15. The molecule has 1 N–H and O–H groups in total. The molecule has 5 nitrogen and oxygen atoms in total. The van der Waals surface area contributed by atoms with E-state index in [2.05, 4.69) is 46.6 Å². The molecule has 136 valence electrons. The Kier molecular flexibility index (Phi) is 5.23. The van der Waals surface area contributed by atoms with Gasteiger partial charge < -0.3 is 5.32 Å². The maximum Gasteiger partial charge on any atom is 0.225 e. The molecule has 6 heteroatoms. The zero-order valence-electron chi connectivity index (χ0n) is 15.8. The van der Waals surface area contributed by atoms with E-state index in [1.807, 2.05) is 38.7 Å². The van der Waals surface area contributed by atoms with Crippen molar-refractivity contribution in [2.75, 3.05) is 0 Å². The quantitative estimate of drug-likeness (QED) is 0.743. The molecule has 0 aliphatic rings. The molecule has 2 aromatic heterocycles. The van der Waals surface area contributed by atoms with Gasteiger partial charge in [-0.1, -0.05) is 29.8 Å². The molecule has 0 aliphatic carbocycles. The highest BCUT2D eigenvalue weighted by atomic mass is 32.1. The summed E-state index contributed by atoms with van der Waals surface area (Å²) < 4.78 is 1.82. The third-order valence-electron chi connectivity index (χ3n) is 4.57.